The van der Waals surface area contributed by atoms with Crippen LogP contribution in [0.1, 0.15) is 40.0 Å². The van der Waals surface area contributed by atoms with E-state index in [2.05, 4.69) is 33.9 Å². The fraction of sp³-hybridized carbons (Fsp3) is 1.00. The maximum Gasteiger partial charge on any atom is 0.192 e. The van der Waals surface area contributed by atoms with Gasteiger partial charge in [-0.25, -0.2) is 0 Å². The summed E-state index contributed by atoms with van der Waals surface area (Å²) in [6.07, 6.45) is 1.91. The number of methoxy groups -OCH3 is 1. The Morgan fingerprint density at radius 3 is 2.40 bits per heavy atom. The van der Waals surface area contributed by atoms with Crippen LogP contribution in [0.4, 0.5) is 0 Å². The first-order valence-electron chi connectivity index (χ1n) is 7.65. The van der Waals surface area contributed by atoms with E-state index in [1.165, 1.54) is 0 Å². The van der Waals surface area contributed by atoms with Gasteiger partial charge in [-0.1, -0.05) is 20.8 Å². The third-order valence-electron chi connectivity index (χ3n) is 5.95. The van der Waals surface area contributed by atoms with E-state index in [0.717, 1.165) is 12.8 Å². The van der Waals surface area contributed by atoms with Crippen molar-refractivity contribution < 1.29 is 19.0 Å². The predicted molar refractivity (Wildman–Crippen MR) is 79.0 cm³/mol. The van der Waals surface area contributed by atoms with E-state index in [1.54, 1.807) is 7.11 Å². The van der Waals surface area contributed by atoms with Gasteiger partial charge < -0.3 is 19.0 Å². The molecule has 116 valence electrons. The van der Waals surface area contributed by atoms with Gasteiger partial charge in [-0.05, 0) is 36.9 Å². The van der Waals surface area contributed by atoms with Gasteiger partial charge in [-0.2, -0.15) is 0 Å². The monoisotopic (exact) mass is 300 g/mol. The van der Waals surface area contributed by atoms with Crippen molar-refractivity contribution in [1.82, 2.24) is 0 Å². The summed E-state index contributed by atoms with van der Waals surface area (Å²) in [4.78, 5) is 0. The lowest BCUT2D eigenvalue weighted by atomic mass is 9.93. The zero-order valence-corrected chi connectivity index (χ0v) is 14.5. The molecule has 5 atom stereocenters. The molecule has 0 aromatic rings. The number of ether oxygens (including phenoxy) is 2. The lowest BCUT2D eigenvalue weighted by Gasteiger charge is -2.41. The van der Waals surface area contributed by atoms with Gasteiger partial charge in [0.2, 0.25) is 0 Å². The summed E-state index contributed by atoms with van der Waals surface area (Å²) in [6, 6.07) is 0. The zero-order chi connectivity index (χ0) is 15.0. The molecule has 0 bridgehead atoms. The second kappa shape index (κ2) is 4.07. The molecule has 0 spiro atoms. The maximum atomic E-state index is 10.8. The minimum atomic E-state index is -1.86. The Labute approximate surface area is 122 Å². The normalized spacial score (nSPS) is 47.2. The molecule has 2 saturated carbocycles. The van der Waals surface area contributed by atoms with Crippen molar-refractivity contribution in [2.45, 2.75) is 81.8 Å². The average molecular weight is 300 g/mol. The van der Waals surface area contributed by atoms with Crippen LogP contribution in [0, 0.1) is 5.92 Å². The number of fused-ring (bicyclic) bond motifs is 3. The first-order valence-corrected chi connectivity index (χ1v) is 10.6. The second-order valence-electron chi connectivity index (χ2n) is 8.41. The molecule has 1 unspecified atom stereocenters. The van der Waals surface area contributed by atoms with Crippen LogP contribution in [0.3, 0.4) is 0 Å². The lowest BCUT2D eigenvalue weighted by Crippen LogP contribution is -2.51. The molecule has 1 saturated heterocycles. The van der Waals surface area contributed by atoms with Gasteiger partial charge in [-0.15, -0.1) is 0 Å². The fourth-order valence-corrected chi connectivity index (χ4v) is 5.36. The molecule has 0 aromatic carbocycles. The van der Waals surface area contributed by atoms with Gasteiger partial charge in [0.05, 0.1) is 11.2 Å². The molecule has 3 fully saturated rings. The summed E-state index contributed by atoms with van der Waals surface area (Å²) in [5.74, 6) is 0.462. The Kier molecular flexibility index (Phi) is 3.05. The van der Waals surface area contributed by atoms with Crippen molar-refractivity contribution >= 4 is 8.32 Å². The molecule has 1 heterocycles. The highest BCUT2D eigenvalue weighted by molar-refractivity contribution is 6.74. The van der Waals surface area contributed by atoms with E-state index in [9.17, 15) is 5.11 Å². The molecule has 20 heavy (non-hydrogen) atoms. The van der Waals surface area contributed by atoms with E-state index < -0.39 is 13.9 Å². The Bertz CT molecular complexity index is 419. The summed E-state index contributed by atoms with van der Waals surface area (Å²) >= 11 is 0. The first-order chi connectivity index (χ1) is 9.04. The second-order valence-corrected chi connectivity index (χ2v) is 13.1. The molecule has 2 aliphatic carbocycles. The Morgan fingerprint density at radius 2 is 1.85 bits per heavy atom. The standard InChI is InChI=1S/C15H28O4Si/c1-13(2,3)20(5,6)19-15-8-10(15)7-14(16)9-11(17-4)18-12(14)15/h10-12,16H,7-9H2,1-6H3/t10-,11?,12+,14+,15-/m1/s1. The third kappa shape index (κ3) is 1.94. The molecule has 3 aliphatic rings. The fourth-order valence-electron chi connectivity index (χ4n) is 3.75. The Hall–Kier alpha value is 0.0569. The van der Waals surface area contributed by atoms with Gasteiger partial charge >= 0.3 is 0 Å². The molecular weight excluding hydrogens is 272 g/mol. The quantitative estimate of drug-likeness (QED) is 0.814. The number of hydrogen-bond acceptors (Lipinski definition) is 4. The number of rotatable bonds is 3. The number of aliphatic hydroxyl groups is 1. The summed E-state index contributed by atoms with van der Waals surface area (Å²) in [5, 5.41) is 11.0. The summed E-state index contributed by atoms with van der Waals surface area (Å²) in [7, 11) is -0.218. The van der Waals surface area contributed by atoms with Crippen LogP contribution in [-0.4, -0.2) is 44.1 Å². The van der Waals surface area contributed by atoms with Crippen molar-refractivity contribution in [2.24, 2.45) is 5.92 Å². The van der Waals surface area contributed by atoms with E-state index in [1.807, 2.05) is 0 Å². The van der Waals surface area contributed by atoms with Gasteiger partial charge in [0, 0.05) is 13.5 Å². The molecule has 4 nitrogen and oxygen atoms in total. The zero-order valence-electron chi connectivity index (χ0n) is 13.5. The topological polar surface area (TPSA) is 47.9 Å². The van der Waals surface area contributed by atoms with E-state index >= 15 is 0 Å². The van der Waals surface area contributed by atoms with Crippen molar-refractivity contribution in [2.75, 3.05) is 7.11 Å². The van der Waals surface area contributed by atoms with Gasteiger partial charge in [-0.3, -0.25) is 0 Å². The Balaban J connectivity index is 1.82. The minimum absolute atomic E-state index is 0.175. The highest BCUT2D eigenvalue weighted by Crippen LogP contribution is 2.67. The van der Waals surface area contributed by atoms with Crippen LogP contribution in [-0.2, 0) is 13.9 Å². The van der Waals surface area contributed by atoms with E-state index in [4.69, 9.17) is 13.9 Å². The predicted octanol–water partition coefficient (Wildman–Crippen LogP) is 2.66. The molecule has 0 aromatic heterocycles. The number of hydrogen-bond donors (Lipinski definition) is 1. The van der Waals surface area contributed by atoms with E-state index in [0.29, 0.717) is 12.3 Å². The smallest absolute Gasteiger partial charge is 0.192 e. The molecular formula is C15H28O4Si. The molecule has 3 rings (SSSR count). The van der Waals surface area contributed by atoms with E-state index in [-0.39, 0.29) is 23.0 Å². The summed E-state index contributed by atoms with van der Waals surface area (Å²) in [5.41, 5.74) is -0.989. The largest absolute Gasteiger partial charge is 0.408 e. The van der Waals surface area contributed by atoms with Gasteiger partial charge in [0.1, 0.15) is 6.10 Å². The summed E-state index contributed by atoms with van der Waals surface area (Å²) < 4.78 is 18.0. The van der Waals surface area contributed by atoms with Crippen LogP contribution < -0.4 is 0 Å². The molecule has 1 aliphatic heterocycles. The highest BCUT2D eigenvalue weighted by Gasteiger charge is 2.77. The summed E-state index contributed by atoms with van der Waals surface area (Å²) in [6.45, 7) is 11.3. The highest BCUT2D eigenvalue weighted by atomic mass is 28.4. The molecule has 0 radical (unpaired) electrons. The van der Waals surface area contributed by atoms with Crippen LogP contribution in [0.25, 0.3) is 0 Å². The van der Waals surface area contributed by atoms with Crippen molar-refractivity contribution in [3.8, 4) is 0 Å². The molecule has 1 N–H and O–H groups in total. The van der Waals surface area contributed by atoms with Crippen LogP contribution in [0.2, 0.25) is 18.1 Å². The van der Waals surface area contributed by atoms with Crippen molar-refractivity contribution in [1.29, 1.82) is 0 Å². The first kappa shape index (κ1) is 15.0. The van der Waals surface area contributed by atoms with Crippen molar-refractivity contribution in [3.63, 3.8) is 0 Å². The van der Waals surface area contributed by atoms with Crippen LogP contribution >= 0.6 is 0 Å². The van der Waals surface area contributed by atoms with Crippen LogP contribution in [0.15, 0.2) is 0 Å². The Morgan fingerprint density at radius 1 is 1.20 bits per heavy atom. The average Bonchev–Trinajstić information content (AvgIpc) is 2.73. The van der Waals surface area contributed by atoms with Crippen LogP contribution in [0.5, 0.6) is 0 Å². The SMILES string of the molecule is COC1C[C@@]2(O)C[C@@H]3C[C@]3(O[Si](C)(C)C(C)(C)C)[C@H]2O1. The van der Waals surface area contributed by atoms with Crippen molar-refractivity contribution in [3.05, 3.63) is 0 Å². The molecule has 5 heteroatoms. The third-order valence-corrected chi connectivity index (χ3v) is 10.5. The van der Waals surface area contributed by atoms with Gasteiger partial charge in [0.25, 0.3) is 0 Å². The molecule has 0 amide bonds. The minimum Gasteiger partial charge on any atom is -0.408 e. The lowest BCUT2D eigenvalue weighted by molar-refractivity contribution is -0.151. The maximum absolute atomic E-state index is 10.8. The van der Waals surface area contributed by atoms with Gasteiger partial charge in [0.15, 0.2) is 14.6 Å².